The van der Waals surface area contributed by atoms with E-state index in [0.29, 0.717) is 32.0 Å². The van der Waals surface area contributed by atoms with Gasteiger partial charge in [-0.05, 0) is 126 Å². The molecule has 0 bridgehead atoms. The highest BCUT2D eigenvalue weighted by Crippen LogP contribution is 2.45. The van der Waals surface area contributed by atoms with Gasteiger partial charge in [-0.1, -0.05) is 30.3 Å². The van der Waals surface area contributed by atoms with E-state index in [1.54, 1.807) is 0 Å². The molecule has 1 saturated heterocycles. The molecule has 3 aliphatic rings. The zero-order valence-electron chi connectivity index (χ0n) is 23.4. The van der Waals surface area contributed by atoms with Crippen molar-refractivity contribution in [1.82, 2.24) is 0 Å². The van der Waals surface area contributed by atoms with Crippen molar-refractivity contribution in [2.24, 2.45) is 11.8 Å². The van der Waals surface area contributed by atoms with Crippen molar-refractivity contribution >= 4 is 15.8 Å². The van der Waals surface area contributed by atoms with E-state index in [1.165, 1.54) is 22.3 Å². The van der Waals surface area contributed by atoms with Crippen LogP contribution >= 0.6 is 0 Å². The third-order valence-corrected chi connectivity index (χ3v) is 10.6. The predicted octanol–water partition coefficient (Wildman–Crippen LogP) is 6.59. The summed E-state index contributed by atoms with van der Waals surface area (Å²) in [5.41, 5.74) is 7.24. The standard InChI is InChI=1S/C34H38O6S/c35-34(36)20-32(26-9-10-26)28-5-2-6-29(19-28)40-22-24-7-8-25-3-1-4-27-18-30(11-12-31(27)33(25)17-24)39-21-23-13-15-41(37,38)16-14-23/h2,5-8,11-12,17-19,23,26,32H,1,3-4,9-10,13-16,20-22H2,(H,35,36). The van der Waals surface area contributed by atoms with E-state index in [-0.39, 0.29) is 29.8 Å². The molecule has 216 valence electrons. The van der Waals surface area contributed by atoms with Gasteiger partial charge in [-0.25, -0.2) is 8.42 Å². The Balaban J connectivity index is 1.14. The Bertz CT molecular complexity index is 1510. The minimum absolute atomic E-state index is 0.0488. The van der Waals surface area contributed by atoms with Crippen molar-refractivity contribution in [3.05, 3.63) is 82.9 Å². The van der Waals surface area contributed by atoms with Crippen LogP contribution in [0.2, 0.25) is 0 Å². The van der Waals surface area contributed by atoms with E-state index in [0.717, 1.165) is 54.7 Å². The second-order valence-electron chi connectivity index (χ2n) is 12.0. The van der Waals surface area contributed by atoms with Gasteiger partial charge >= 0.3 is 5.97 Å². The average Bonchev–Trinajstić information content (AvgIpc) is 3.81. The van der Waals surface area contributed by atoms with Crippen molar-refractivity contribution < 1.29 is 27.8 Å². The fraction of sp³-hybridized carbons (Fsp3) is 0.441. The Morgan fingerprint density at radius 2 is 1.63 bits per heavy atom. The average molecular weight is 575 g/mol. The molecule has 0 spiro atoms. The minimum atomic E-state index is -2.86. The summed E-state index contributed by atoms with van der Waals surface area (Å²) in [6, 6.07) is 20.9. The van der Waals surface area contributed by atoms with E-state index >= 15 is 0 Å². The van der Waals surface area contributed by atoms with Gasteiger partial charge in [-0.3, -0.25) is 4.79 Å². The maximum absolute atomic E-state index is 11.7. The first-order valence-corrected chi connectivity index (χ1v) is 16.7. The molecular weight excluding hydrogens is 536 g/mol. The Morgan fingerprint density at radius 1 is 0.854 bits per heavy atom. The summed E-state index contributed by atoms with van der Waals surface area (Å²) in [5.74, 6) is 2.21. The Hall–Kier alpha value is -3.32. The highest BCUT2D eigenvalue weighted by atomic mass is 32.2. The smallest absolute Gasteiger partial charge is 0.303 e. The molecule has 1 N–H and O–H groups in total. The van der Waals surface area contributed by atoms with Crippen molar-refractivity contribution in [2.75, 3.05) is 18.1 Å². The van der Waals surface area contributed by atoms with E-state index in [1.807, 2.05) is 30.3 Å². The summed E-state index contributed by atoms with van der Waals surface area (Å²) in [6.07, 6.45) is 6.80. The lowest BCUT2D eigenvalue weighted by molar-refractivity contribution is -0.137. The van der Waals surface area contributed by atoms with Crippen molar-refractivity contribution in [1.29, 1.82) is 0 Å². The zero-order valence-corrected chi connectivity index (χ0v) is 24.2. The maximum Gasteiger partial charge on any atom is 0.303 e. The summed E-state index contributed by atoms with van der Waals surface area (Å²) >= 11 is 0. The van der Waals surface area contributed by atoms with Gasteiger partial charge in [0.15, 0.2) is 0 Å². The number of aryl methyl sites for hydroxylation is 2. The van der Waals surface area contributed by atoms with Crippen LogP contribution < -0.4 is 9.47 Å². The van der Waals surface area contributed by atoms with Crippen molar-refractivity contribution in [3.8, 4) is 22.6 Å². The van der Waals surface area contributed by atoms with Gasteiger partial charge in [0.05, 0.1) is 24.5 Å². The van der Waals surface area contributed by atoms with Crippen molar-refractivity contribution in [2.45, 2.75) is 63.9 Å². The normalized spacial score (nSPS) is 18.9. The quantitative estimate of drug-likeness (QED) is 0.294. The largest absolute Gasteiger partial charge is 0.493 e. The molecule has 0 radical (unpaired) electrons. The topological polar surface area (TPSA) is 89.9 Å². The predicted molar refractivity (Wildman–Crippen MR) is 159 cm³/mol. The molecule has 41 heavy (non-hydrogen) atoms. The third-order valence-electron chi connectivity index (χ3n) is 8.87. The monoisotopic (exact) mass is 574 g/mol. The molecule has 2 fully saturated rings. The summed E-state index contributed by atoms with van der Waals surface area (Å²) in [6.45, 7) is 1.00. The SMILES string of the molecule is O=C(O)CC(c1cccc(OCc2ccc3c(c2)-c2ccc(OCC4CCS(=O)(=O)CC4)cc2CCC3)c1)C1CC1. The van der Waals surface area contributed by atoms with Gasteiger partial charge in [-0.15, -0.1) is 0 Å². The van der Waals surface area contributed by atoms with Gasteiger partial charge in [0.2, 0.25) is 0 Å². The lowest BCUT2D eigenvalue weighted by Crippen LogP contribution is -2.26. The lowest BCUT2D eigenvalue weighted by Gasteiger charge is -2.22. The highest BCUT2D eigenvalue weighted by Gasteiger charge is 2.34. The Kier molecular flexibility index (Phi) is 8.07. The number of rotatable bonds is 10. The van der Waals surface area contributed by atoms with Gasteiger partial charge in [0.25, 0.3) is 0 Å². The van der Waals surface area contributed by atoms with Crippen molar-refractivity contribution in [3.63, 3.8) is 0 Å². The molecule has 6 nitrogen and oxygen atoms in total. The number of carbonyl (C=O) groups is 1. The van der Waals surface area contributed by atoms with Crippen LogP contribution in [0, 0.1) is 11.8 Å². The molecule has 3 aromatic carbocycles. The first-order chi connectivity index (χ1) is 19.8. The molecule has 0 aromatic heterocycles. The number of carboxylic acids is 1. The second kappa shape index (κ2) is 11.9. The molecule has 2 aliphatic carbocycles. The second-order valence-corrected chi connectivity index (χ2v) is 14.3. The number of ether oxygens (including phenoxy) is 2. The molecule has 7 heteroatoms. The van der Waals surface area contributed by atoms with E-state index in [4.69, 9.17) is 9.47 Å². The fourth-order valence-electron chi connectivity index (χ4n) is 6.35. The number of sulfone groups is 1. The molecule has 1 unspecified atom stereocenters. The van der Waals surface area contributed by atoms with Gasteiger partial charge in [-0.2, -0.15) is 0 Å². The van der Waals surface area contributed by atoms with Crippen LogP contribution in [0.1, 0.15) is 66.7 Å². The maximum atomic E-state index is 11.7. The summed E-state index contributed by atoms with van der Waals surface area (Å²) < 4.78 is 35.8. The molecule has 1 heterocycles. The van der Waals surface area contributed by atoms with Crippen LogP contribution in [0.5, 0.6) is 11.5 Å². The molecule has 3 aromatic rings. The minimum Gasteiger partial charge on any atom is -0.493 e. The van der Waals surface area contributed by atoms with E-state index < -0.39 is 15.8 Å². The summed E-state index contributed by atoms with van der Waals surface area (Å²) in [5, 5.41) is 9.38. The molecule has 1 aliphatic heterocycles. The fourth-order valence-corrected chi connectivity index (χ4v) is 7.93. The number of fused-ring (bicyclic) bond motifs is 3. The number of hydrogen-bond donors (Lipinski definition) is 1. The Morgan fingerprint density at radius 3 is 2.41 bits per heavy atom. The molecule has 1 atom stereocenters. The van der Waals surface area contributed by atoms with Gasteiger partial charge in [0.1, 0.15) is 27.9 Å². The van der Waals surface area contributed by atoms with Crippen LogP contribution in [0.15, 0.2) is 60.7 Å². The zero-order chi connectivity index (χ0) is 28.4. The summed E-state index contributed by atoms with van der Waals surface area (Å²) in [4.78, 5) is 11.4. The molecule has 0 amide bonds. The van der Waals surface area contributed by atoms with Gasteiger partial charge < -0.3 is 14.6 Å². The van der Waals surface area contributed by atoms with Crippen LogP contribution in [-0.2, 0) is 34.1 Å². The highest BCUT2D eigenvalue weighted by molar-refractivity contribution is 7.91. The number of carboxylic acid groups (broad SMARTS) is 1. The Labute approximate surface area is 242 Å². The van der Waals surface area contributed by atoms with E-state index in [2.05, 4.69) is 30.3 Å². The first kappa shape index (κ1) is 27.8. The van der Waals surface area contributed by atoms with Crippen LogP contribution in [0.3, 0.4) is 0 Å². The van der Waals surface area contributed by atoms with Crippen LogP contribution in [-0.4, -0.2) is 37.6 Å². The van der Waals surface area contributed by atoms with Crippen LogP contribution in [0.25, 0.3) is 11.1 Å². The van der Waals surface area contributed by atoms with E-state index in [9.17, 15) is 18.3 Å². The number of aliphatic carboxylic acids is 1. The van der Waals surface area contributed by atoms with Gasteiger partial charge in [0, 0.05) is 0 Å². The lowest BCUT2D eigenvalue weighted by atomic mass is 9.91. The van der Waals surface area contributed by atoms with Crippen LogP contribution in [0.4, 0.5) is 0 Å². The summed E-state index contributed by atoms with van der Waals surface area (Å²) in [7, 11) is -2.86. The molecule has 1 saturated carbocycles. The third kappa shape index (κ3) is 6.95. The first-order valence-electron chi connectivity index (χ1n) is 14.9. The molecular formula is C34H38O6S. The molecule has 6 rings (SSSR count). The number of benzene rings is 3. The number of hydrogen-bond acceptors (Lipinski definition) is 5.